The van der Waals surface area contributed by atoms with Gasteiger partial charge in [-0.3, -0.25) is 4.79 Å². The van der Waals surface area contributed by atoms with Gasteiger partial charge in [0.2, 0.25) is 5.79 Å². The van der Waals surface area contributed by atoms with Gasteiger partial charge >= 0.3 is 5.97 Å². The molecule has 0 unspecified atom stereocenters. The van der Waals surface area contributed by atoms with Crippen molar-refractivity contribution in [2.45, 2.75) is 313 Å². The predicted molar refractivity (Wildman–Crippen MR) is 275 cm³/mol. The highest BCUT2D eigenvalue weighted by Gasteiger charge is 2.75. The number of carbonyl (C=O) groups is 1. The predicted octanol–water partition coefficient (Wildman–Crippen LogP) is 4.25. The van der Waals surface area contributed by atoms with Crippen molar-refractivity contribution in [3.8, 4) is 0 Å². The normalized spacial score (nSPS) is 57.6. The fourth-order valence-corrected chi connectivity index (χ4v) is 18.2. The van der Waals surface area contributed by atoms with E-state index in [4.69, 9.17) is 71.1 Å². The summed E-state index contributed by atoms with van der Waals surface area (Å²) in [6.07, 6.45) is -0.945. The molecule has 0 aliphatic carbocycles. The van der Waals surface area contributed by atoms with Gasteiger partial charge in [0, 0.05) is 63.7 Å². The molecular formula is C60H86O20. The van der Waals surface area contributed by atoms with E-state index >= 15 is 0 Å². The summed E-state index contributed by atoms with van der Waals surface area (Å²) in [5.74, 6) is -4.74. The first kappa shape index (κ1) is 54.9. The van der Waals surface area contributed by atoms with Crippen molar-refractivity contribution in [2.24, 2.45) is 23.7 Å². The zero-order chi connectivity index (χ0) is 54.9. The van der Waals surface area contributed by atoms with Gasteiger partial charge in [-0.15, -0.1) is 0 Å². The van der Waals surface area contributed by atoms with Gasteiger partial charge in [-0.2, -0.15) is 0 Å². The Morgan fingerprint density at radius 3 is 2.09 bits per heavy atom. The highest BCUT2D eigenvalue weighted by atomic mass is 16.8. The first-order valence-electron chi connectivity index (χ1n) is 30.9. The van der Waals surface area contributed by atoms with Crippen LogP contribution in [0.1, 0.15) is 143 Å². The molecule has 16 fully saturated rings. The Labute approximate surface area is 468 Å². The van der Waals surface area contributed by atoms with E-state index in [1.807, 2.05) is 0 Å². The Morgan fingerprint density at radius 1 is 0.550 bits per heavy atom. The number of ether oxygens (including phenoxy) is 15. The molecule has 0 aromatic carbocycles. The van der Waals surface area contributed by atoms with E-state index < -0.39 is 103 Å². The van der Waals surface area contributed by atoms with Gasteiger partial charge in [-0.1, -0.05) is 40.9 Å². The number of rotatable bonds is 4. The minimum absolute atomic E-state index is 0.0152. The van der Waals surface area contributed by atoms with Gasteiger partial charge < -0.3 is 91.5 Å². The Hall–Kier alpha value is -1.77. The van der Waals surface area contributed by atoms with E-state index in [9.17, 15) is 25.2 Å². The molecule has 16 saturated heterocycles. The first-order valence-corrected chi connectivity index (χ1v) is 30.9. The molecule has 0 radical (unpaired) electrons. The molecule has 4 N–H and O–H groups in total. The lowest BCUT2D eigenvalue weighted by Crippen LogP contribution is -2.62. The number of fused-ring (bicyclic) bond motifs is 10. The topological polar surface area (TPSA) is 236 Å². The summed E-state index contributed by atoms with van der Waals surface area (Å²) >= 11 is 0. The molecule has 3 spiro atoms. The molecule has 80 heavy (non-hydrogen) atoms. The molecule has 32 atom stereocenters. The molecule has 0 aromatic rings. The van der Waals surface area contributed by atoms with Crippen molar-refractivity contribution in [1.82, 2.24) is 0 Å². The van der Waals surface area contributed by atoms with Gasteiger partial charge in [-0.25, -0.2) is 0 Å². The van der Waals surface area contributed by atoms with Gasteiger partial charge in [0.05, 0.1) is 129 Å². The van der Waals surface area contributed by atoms with Crippen LogP contribution in [-0.4, -0.2) is 203 Å². The molecule has 16 aliphatic rings. The zero-order valence-corrected chi connectivity index (χ0v) is 46.8. The molecule has 0 saturated carbocycles. The Kier molecular flexibility index (Phi) is 13.8. The molecule has 20 heteroatoms. The van der Waals surface area contributed by atoms with Gasteiger partial charge in [0.15, 0.2) is 17.4 Å². The molecule has 16 heterocycles. The van der Waals surface area contributed by atoms with E-state index in [0.29, 0.717) is 70.6 Å². The minimum Gasteiger partial charge on any atom is -0.459 e. The van der Waals surface area contributed by atoms with E-state index in [0.717, 1.165) is 36.8 Å². The lowest BCUT2D eigenvalue weighted by atomic mass is 9.79. The van der Waals surface area contributed by atoms with Crippen LogP contribution in [0.3, 0.4) is 0 Å². The summed E-state index contributed by atoms with van der Waals surface area (Å²) in [6.45, 7) is 17.3. The van der Waals surface area contributed by atoms with E-state index in [2.05, 4.69) is 40.9 Å². The average Bonchev–Trinajstić information content (AvgIpc) is 4.44. The highest BCUT2D eigenvalue weighted by molar-refractivity contribution is 5.70. The van der Waals surface area contributed by atoms with Crippen molar-refractivity contribution >= 4 is 5.97 Å². The number of aliphatic hydroxyl groups is 4. The SMILES string of the molecule is C=C1C[C@@H]2CC[C@@]34C[C@]5(O)O[C@H]6[C@H](O3)[C@H]3O[C@H](CC[C@@H]3O[C@@H]6[C@H]5O4)CC(=O)O[C@@H]3[C@H](C)[C@@H]4O[C@@H]5C[C@]6(C[C@@H]7O[C@@]8(C[C@H](C)[C@@H]7O6)C[C@H](C)[C@@H]6O[C@@H]([C@@H](O)C[C@H](O)CO)C[C@H]6O8)O[C@H]5C[C@@H]4O[C@H]3C[C@@H]3O[C@H](CC[C@@H]1O2)C[C@H](C)C3=C. The van der Waals surface area contributed by atoms with Crippen LogP contribution in [0, 0.1) is 23.7 Å². The van der Waals surface area contributed by atoms with E-state index in [1.165, 1.54) is 0 Å². The summed E-state index contributed by atoms with van der Waals surface area (Å²) < 4.78 is 103. The van der Waals surface area contributed by atoms with Gasteiger partial charge in [0.1, 0.15) is 36.6 Å². The minimum atomic E-state index is -1.55. The summed E-state index contributed by atoms with van der Waals surface area (Å²) in [4.78, 5) is 14.6. The van der Waals surface area contributed by atoms with Crippen LogP contribution in [0.4, 0.5) is 0 Å². The van der Waals surface area contributed by atoms with Crippen molar-refractivity contribution in [1.29, 1.82) is 0 Å². The third kappa shape index (κ3) is 9.31. The van der Waals surface area contributed by atoms with Gasteiger partial charge in [0.25, 0.3) is 0 Å². The molecule has 0 aromatic heterocycles. The molecular weight excluding hydrogens is 1040 g/mol. The fraction of sp³-hybridized carbons (Fsp3) is 0.917. The monoisotopic (exact) mass is 1130 g/mol. The lowest BCUT2D eigenvalue weighted by molar-refractivity contribution is -0.347. The van der Waals surface area contributed by atoms with Crippen molar-refractivity contribution in [3.05, 3.63) is 24.3 Å². The molecule has 12 bridgehead atoms. The largest absolute Gasteiger partial charge is 0.459 e. The van der Waals surface area contributed by atoms with Crippen LogP contribution < -0.4 is 0 Å². The Balaban J connectivity index is 0.658. The second-order valence-corrected chi connectivity index (χ2v) is 27.8. The van der Waals surface area contributed by atoms with Crippen molar-refractivity contribution in [3.63, 3.8) is 0 Å². The lowest BCUT2D eigenvalue weighted by Gasteiger charge is -2.50. The molecule has 16 aliphatic heterocycles. The average molecular weight is 1130 g/mol. The molecule has 20 nitrogen and oxygen atoms in total. The van der Waals surface area contributed by atoms with Crippen LogP contribution in [-0.2, 0) is 75.8 Å². The van der Waals surface area contributed by atoms with E-state index in [1.54, 1.807) is 0 Å². The number of carbonyl (C=O) groups excluding carboxylic acids is 1. The molecule has 0 amide bonds. The number of aliphatic hydroxyl groups excluding tert-OH is 3. The third-order valence-corrected chi connectivity index (χ3v) is 22.0. The molecule has 16 rings (SSSR count). The number of esters is 1. The van der Waals surface area contributed by atoms with Crippen LogP contribution in [0.15, 0.2) is 24.3 Å². The van der Waals surface area contributed by atoms with Crippen molar-refractivity contribution < 1.29 is 96.3 Å². The summed E-state index contributed by atoms with van der Waals surface area (Å²) in [5, 5.41) is 42.3. The third-order valence-electron chi connectivity index (χ3n) is 22.0. The smallest absolute Gasteiger partial charge is 0.308 e. The first-order chi connectivity index (χ1) is 38.3. The Morgan fingerprint density at radius 2 is 1.25 bits per heavy atom. The second kappa shape index (κ2) is 20.2. The maximum atomic E-state index is 14.6. The Bertz CT molecular complexity index is 2400. The van der Waals surface area contributed by atoms with Gasteiger partial charge in [-0.05, 0) is 73.8 Å². The summed E-state index contributed by atoms with van der Waals surface area (Å²) in [5.41, 5.74) is 2.08. The number of hydrogen-bond acceptors (Lipinski definition) is 20. The molecule has 446 valence electrons. The standard InChI is InChI=1S/C60H86O20/c1-26-13-33-7-9-37-27(2)14-35(66-37)11-12-57-25-60(65)56(80-57)55-54(79-60)53(78-57)52-38(70-55)10-8-34(68-52)16-47(64)73-51-31(6)50-43(69-42(51)17-39(67-33)30(26)5)19-41-45(72-50)22-59(74-41)23-46-49(77-59)29(4)21-58(76-46)20-28(3)48-44(75-58)18-40(71-48)36(63)15-32(62)24-61/h26,28-29,31-46,48-56,61-63,65H,2,5,7-25H2,1,3-4,6H3/t26-,28-,29-,31+,32-,33+,34+,35-,36-,37-,38-,39-,40+,41-,42-,43-,44+,45+,46-,48-,49-,50-,51+,52-,53+,54-,55-,56+,57+,58+,59-,60-/m0/s1. The second-order valence-electron chi connectivity index (χ2n) is 27.8. The van der Waals surface area contributed by atoms with Crippen LogP contribution in [0.25, 0.3) is 0 Å². The quantitative estimate of drug-likeness (QED) is 0.228. The zero-order valence-electron chi connectivity index (χ0n) is 46.8. The fourth-order valence-electron chi connectivity index (χ4n) is 18.2. The van der Waals surface area contributed by atoms with Crippen LogP contribution in [0.2, 0.25) is 0 Å². The van der Waals surface area contributed by atoms with Crippen LogP contribution in [0.5, 0.6) is 0 Å². The van der Waals surface area contributed by atoms with Crippen molar-refractivity contribution in [2.75, 3.05) is 6.61 Å². The summed E-state index contributed by atoms with van der Waals surface area (Å²) in [6, 6.07) is 0. The van der Waals surface area contributed by atoms with Crippen LogP contribution >= 0.6 is 0 Å². The maximum absolute atomic E-state index is 14.6. The van der Waals surface area contributed by atoms with E-state index in [-0.39, 0.29) is 122 Å². The summed E-state index contributed by atoms with van der Waals surface area (Å²) in [7, 11) is 0. The highest BCUT2D eigenvalue weighted by Crippen LogP contribution is 2.59. The maximum Gasteiger partial charge on any atom is 0.308 e. The number of hydrogen-bond donors (Lipinski definition) is 4.